The van der Waals surface area contributed by atoms with Crippen LogP contribution < -0.4 is 15.4 Å². The first kappa shape index (κ1) is 16.1. The first-order valence-electron chi connectivity index (χ1n) is 6.81. The molecular formula is C17H17BrN2O2. The molecule has 0 aliphatic heterocycles. The predicted octanol–water partition coefficient (Wildman–Crippen LogP) is 4.06. The summed E-state index contributed by atoms with van der Waals surface area (Å²) in [6.45, 7) is 4.19. The average Bonchev–Trinajstić information content (AvgIpc) is 2.51. The maximum absolute atomic E-state index is 12.0. The van der Waals surface area contributed by atoms with Crippen LogP contribution >= 0.6 is 15.9 Å². The Morgan fingerprint density at radius 1 is 1.23 bits per heavy atom. The standard InChI is InChI=1S/C17H17BrN2O2/c1-2-10-22-16-9-4-3-8-15(16)19-12-17(21)20-14-7-5-6-13(18)11-14/h2-9,11,19H,1,10,12H2,(H,20,21). The molecule has 4 nitrogen and oxygen atoms in total. The molecule has 2 rings (SSSR count). The predicted molar refractivity (Wildman–Crippen MR) is 93.4 cm³/mol. The van der Waals surface area contributed by atoms with Crippen molar-refractivity contribution in [1.29, 1.82) is 0 Å². The molecule has 2 N–H and O–H groups in total. The number of halogens is 1. The quantitative estimate of drug-likeness (QED) is 0.731. The second-order valence-corrected chi connectivity index (χ2v) is 5.42. The van der Waals surface area contributed by atoms with Crippen molar-refractivity contribution in [2.45, 2.75) is 0 Å². The van der Waals surface area contributed by atoms with Crippen molar-refractivity contribution in [2.24, 2.45) is 0 Å². The molecule has 2 aromatic carbocycles. The summed E-state index contributed by atoms with van der Waals surface area (Å²) in [5.41, 5.74) is 1.52. The minimum atomic E-state index is -0.128. The summed E-state index contributed by atoms with van der Waals surface area (Å²) in [4.78, 5) is 12.0. The van der Waals surface area contributed by atoms with Gasteiger partial charge in [0, 0.05) is 10.2 Å². The molecule has 0 aliphatic rings. The molecule has 114 valence electrons. The number of para-hydroxylation sites is 2. The maximum Gasteiger partial charge on any atom is 0.243 e. The highest BCUT2D eigenvalue weighted by atomic mass is 79.9. The van der Waals surface area contributed by atoms with E-state index in [2.05, 4.69) is 33.1 Å². The fourth-order valence-corrected chi connectivity index (χ4v) is 2.23. The molecule has 0 spiro atoms. The van der Waals surface area contributed by atoms with E-state index in [-0.39, 0.29) is 12.5 Å². The monoisotopic (exact) mass is 360 g/mol. The van der Waals surface area contributed by atoms with E-state index < -0.39 is 0 Å². The van der Waals surface area contributed by atoms with E-state index in [0.29, 0.717) is 12.4 Å². The third-order valence-electron chi connectivity index (χ3n) is 2.79. The highest BCUT2D eigenvalue weighted by Gasteiger charge is 2.06. The Bertz CT molecular complexity index is 659. The summed E-state index contributed by atoms with van der Waals surface area (Å²) in [5.74, 6) is 0.564. The molecule has 0 radical (unpaired) electrons. The largest absolute Gasteiger partial charge is 0.487 e. The van der Waals surface area contributed by atoms with Crippen molar-refractivity contribution in [3.05, 3.63) is 65.7 Å². The zero-order chi connectivity index (χ0) is 15.8. The first-order valence-corrected chi connectivity index (χ1v) is 7.60. The molecule has 0 heterocycles. The summed E-state index contributed by atoms with van der Waals surface area (Å²) >= 11 is 3.37. The van der Waals surface area contributed by atoms with Gasteiger partial charge < -0.3 is 15.4 Å². The Balaban J connectivity index is 1.92. The van der Waals surface area contributed by atoms with E-state index in [1.165, 1.54) is 0 Å². The smallest absolute Gasteiger partial charge is 0.243 e. The van der Waals surface area contributed by atoms with Crippen LogP contribution in [0.25, 0.3) is 0 Å². The number of amides is 1. The lowest BCUT2D eigenvalue weighted by atomic mass is 10.3. The van der Waals surface area contributed by atoms with Gasteiger partial charge >= 0.3 is 0 Å². The summed E-state index contributed by atoms with van der Waals surface area (Å²) in [7, 11) is 0. The molecule has 22 heavy (non-hydrogen) atoms. The molecule has 1 amide bonds. The molecule has 0 saturated carbocycles. The number of hydrogen-bond donors (Lipinski definition) is 2. The van der Waals surface area contributed by atoms with Crippen molar-refractivity contribution in [2.75, 3.05) is 23.8 Å². The van der Waals surface area contributed by atoms with Crippen LogP contribution in [0.4, 0.5) is 11.4 Å². The van der Waals surface area contributed by atoms with Gasteiger partial charge in [-0.25, -0.2) is 0 Å². The maximum atomic E-state index is 12.0. The minimum Gasteiger partial charge on any atom is -0.487 e. The van der Waals surface area contributed by atoms with Gasteiger partial charge in [0.05, 0.1) is 12.2 Å². The molecule has 2 aromatic rings. The number of benzene rings is 2. The lowest BCUT2D eigenvalue weighted by Crippen LogP contribution is -2.22. The second kappa shape index (κ2) is 8.24. The van der Waals surface area contributed by atoms with Gasteiger partial charge in [0.2, 0.25) is 5.91 Å². The molecule has 0 saturated heterocycles. The van der Waals surface area contributed by atoms with Crippen molar-refractivity contribution in [3.63, 3.8) is 0 Å². The van der Waals surface area contributed by atoms with E-state index in [4.69, 9.17) is 4.74 Å². The van der Waals surface area contributed by atoms with Crippen LogP contribution in [0.3, 0.4) is 0 Å². The van der Waals surface area contributed by atoms with Crippen LogP contribution in [0.15, 0.2) is 65.7 Å². The topological polar surface area (TPSA) is 50.4 Å². The summed E-state index contributed by atoms with van der Waals surface area (Å²) in [6, 6.07) is 14.9. The third kappa shape index (κ3) is 4.93. The normalized spacial score (nSPS) is 9.86. The van der Waals surface area contributed by atoms with E-state index in [1.54, 1.807) is 6.08 Å². The number of nitrogens with one attached hydrogen (secondary N) is 2. The van der Waals surface area contributed by atoms with E-state index >= 15 is 0 Å². The van der Waals surface area contributed by atoms with Gasteiger partial charge in [0.15, 0.2) is 0 Å². The Morgan fingerprint density at radius 2 is 2.05 bits per heavy atom. The van der Waals surface area contributed by atoms with Gasteiger partial charge in [-0.3, -0.25) is 4.79 Å². The van der Waals surface area contributed by atoms with Gasteiger partial charge in [0.1, 0.15) is 12.4 Å². The summed E-state index contributed by atoms with van der Waals surface area (Å²) < 4.78 is 6.45. The number of rotatable bonds is 7. The number of carbonyl (C=O) groups excluding carboxylic acids is 1. The minimum absolute atomic E-state index is 0.128. The van der Waals surface area contributed by atoms with Crippen LogP contribution in [0, 0.1) is 0 Å². The first-order chi connectivity index (χ1) is 10.7. The van der Waals surface area contributed by atoms with Crippen LogP contribution in [-0.4, -0.2) is 19.1 Å². The highest BCUT2D eigenvalue weighted by molar-refractivity contribution is 9.10. The van der Waals surface area contributed by atoms with Crippen molar-refractivity contribution < 1.29 is 9.53 Å². The molecule has 0 bridgehead atoms. The van der Waals surface area contributed by atoms with E-state index in [0.717, 1.165) is 15.8 Å². The Labute approximate surface area is 138 Å². The molecule has 0 unspecified atom stereocenters. The Hall–Kier alpha value is -2.27. The van der Waals surface area contributed by atoms with Crippen molar-refractivity contribution in [1.82, 2.24) is 0 Å². The lowest BCUT2D eigenvalue weighted by Gasteiger charge is -2.12. The van der Waals surface area contributed by atoms with Gasteiger partial charge in [-0.05, 0) is 30.3 Å². The zero-order valence-corrected chi connectivity index (χ0v) is 13.6. The molecular weight excluding hydrogens is 344 g/mol. The summed E-state index contributed by atoms with van der Waals surface area (Å²) in [5, 5.41) is 5.90. The van der Waals surface area contributed by atoms with Crippen LogP contribution in [0.2, 0.25) is 0 Å². The fourth-order valence-electron chi connectivity index (χ4n) is 1.83. The van der Waals surface area contributed by atoms with Gasteiger partial charge in [-0.1, -0.05) is 46.8 Å². The number of hydrogen-bond acceptors (Lipinski definition) is 3. The Morgan fingerprint density at radius 3 is 2.82 bits per heavy atom. The zero-order valence-electron chi connectivity index (χ0n) is 12.0. The number of ether oxygens (including phenoxy) is 1. The van der Waals surface area contributed by atoms with Crippen LogP contribution in [-0.2, 0) is 4.79 Å². The highest BCUT2D eigenvalue weighted by Crippen LogP contribution is 2.23. The summed E-state index contributed by atoms with van der Waals surface area (Å²) in [6.07, 6.45) is 1.68. The molecule has 0 atom stereocenters. The third-order valence-corrected chi connectivity index (χ3v) is 3.28. The molecule has 0 aromatic heterocycles. The van der Waals surface area contributed by atoms with Gasteiger partial charge in [-0.15, -0.1) is 0 Å². The van der Waals surface area contributed by atoms with Gasteiger partial charge in [0.25, 0.3) is 0 Å². The average molecular weight is 361 g/mol. The molecule has 5 heteroatoms. The number of carbonyl (C=O) groups is 1. The fraction of sp³-hybridized carbons (Fsp3) is 0.118. The van der Waals surface area contributed by atoms with Crippen molar-refractivity contribution in [3.8, 4) is 5.75 Å². The van der Waals surface area contributed by atoms with E-state index in [9.17, 15) is 4.79 Å². The second-order valence-electron chi connectivity index (χ2n) is 4.51. The van der Waals surface area contributed by atoms with Crippen LogP contribution in [0.5, 0.6) is 5.75 Å². The van der Waals surface area contributed by atoms with E-state index in [1.807, 2.05) is 48.5 Å². The molecule has 0 aliphatic carbocycles. The molecule has 0 fully saturated rings. The van der Waals surface area contributed by atoms with Crippen LogP contribution in [0.1, 0.15) is 0 Å². The lowest BCUT2D eigenvalue weighted by molar-refractivity contribution is -0.114. The van der Waals surface area contributed by atoms with Gasteiger partial charge in [-0.2, -0.15) is 0 Å². The SMILES string of the molecule is C=CCOc1ccccc1NCC(=O)Nc1cccc(Br)c1. The van der Waals surface area contributed by atoms with Crippen molar-refractivity contribution >= 4 is 33.2 Å². The Kier molecular flexibility index (Phi) is 6.03. The number of anilines is 2.